The van der Waals surface area contributed by atoms with Gasteiger partial charge >= 0.3 is 0 Å². The van der Waals surface area contributed by atoms with Crippen LogP contribution in [-0.2, 0) is 24.1 Å². The Balaban J connectivity index is 1.31. The molecule has 0 saturated carbocycles. The number of piperazine rings is 1. The van der Waals surface area contributed by atoms with Crippen molar-refractivity contribution in [3.63, 3.8) is 0 Å². The topological polar surface area (TPSA) is 62.2 Å². The van der Waals surface area contributed by atoms with Crippen LogP contribution >= 0.6 is 11.6 Å². The van der Waals surface area contributed by atoms with Crippen molar-refractivity contribution in [2.24, 2.45) is 0 Å². The number of aromatic nitrogens is 3. The minimum Gasteiger partial charge on any atom is -0.353 e. The molecule has 5 rings (SSSR count). The third-order valence-corrected chi connectivity index (χ3v) is 6.26. The number of hydrogen-bond acceptors (Lipinski definition) is 5. The summed E-state index contributed by atoms with van der Waals surface area (Å²) < 4.78 is 0. The number of carbonyl (C=O) groups is 1. The quantitative estimate of drug-likeness (QED) is 0.629. The number of fused-ring (bicyclic) bond motifs is 1. The zero-order valence-electron chi connectivity index (χ0n) is 17.3. The average molecular weight is 434 g/mol. The molecule has 3 aromatic rings. The highest BCUT2D eigenvalue weighted by molar-refractivity contribution is 6.30. The van der Waals surface area contributed by atoms with Gasteiger partial charge in [-0.2, -0.15) is 0 Å². The number of rotatable bonds is 4. The van der Waals surface area contributed by atoms with Crippen molar-refractivity contribution >= 4 is 23.3 Å². The van der Waals surface area contributed by atoms with Crippen molar-refractivity contribution in [3.05, 3.63) is 70.6 Å². The van der Waals surface area contributed by atoms with Crippen molar-refractivity contribution in [2.75, 3.05) is 31.1 Å². The number of aryl methyl sites for hydroxylation is 1. The number of hydrogen-bond donors (Lipinski definition) is 0. The van der Waals surface area contributed by atoms with Gasteiger partial charge in [0.15, 0.2) is 5.82 Å². The summed E-state index contributed by atoms with van der Waals surface area (Å²) in [5.41, 5.74) is 4.38. The first-order valence-electron chi connectivity index (χ1n) is 10.7. The van der Waals surface area contributed by atoms with Gasteiger partial charge in [0.1, 0.15) is 5.82 Å². The Morgan fingerprint density at radius 1 is 1.00 bits per heavy atom. The van der Waals surface area contributed by atoms with Gasteiger partial charge in [0.2, 0.25) is 5.91 Å². The van der Waals surface area contributed by atoms with Crippen LogP contribution in [0.2, 0.25) is 5.02 Å². The monoisotopic (exact) mass is 433 g/mol. The molecular weight excluding hydrogens is 410 g/mol. The number of benzene rings is 1. The highest BCUT2D eigenvalue weighted by Gasteiger charge is 2.27. The Morgan fingerprint density at radius 3 is 2.58 bits per heavy atom. The molecule has 6 nitrogen and oxygen atoms in total. The molecule has 0 bridgehead atoms. The highest BCUT2D eigenvalue weighted by Crippen LogP contribution is 2.32. The van der Waals surface area contributed by atoms with Crippen LogP contribution in [0.4, 0.5) is 5.82 Å². The van der Waals surface area contributed by atoms with Gasteiger partial charge in [0.05, 0.1) is 6.42 Å². The van der Waals surface area contributed by atoms with Gasteiger partial charge in [-0.05, 0) is 49.1 Å². The van der Waals surface area contributed by atoms with Crippen molar-refractivity contribution in [1.82, 2.24) is 19.9 Å². The summed E-state index contributed by atoms with van der Waals surface area (Å²) in [5.74, 6) is 1.95. The minimum absolute atomic E-state index is 0.146. The summed E-state index contributed by atoms with van der Waals surface area (Å²) >= 11 is 6.06. The summed E-state index contributed by atoms with van der Waals surface area (Å²) in [4.78, 5) is 30.9. The van der Waals surface area contributed by atoms with Gasteiger partial charge in [-0.1, -0.05) is 23.7 Å². The molecule has 0 atom stereocenters. The summed E-state index contributed by atoms with van der Waals surface area (Å²) in [5, 5.41) is 0.665. The van der Waals surface area contributed by atoms with E-state index in [1.54, 1.807) is 12.4 Å². The van der Waals surface area contributed by atoms with Crippen LogP contribution in [0.1, 0.15) is 23.2 Å². The number of amides is 1. The maximum atomic E-state index is 12.8. The lowest BCUT2D eigenvalue weighted by atomic mass is 10.1. The van der Waals surface area contributed by atoms with Gasteiger partial charge in [0.25, 0.3) is 0 Å². The molecule has 1 fully saturated rings. The SMILES string of the molecule is O=C(Cc1cccc(Cl)c1)N1CCN(c2nc(-c3ccncc3)nc3c2CCC3)CC1. The van der Waals surface area contributed by atoms with Crippen molar-refractivity contribution < 1.29 is 4.79 Å². The van der Waals surface area contributed by atoms with Crippen molar-refractivity contribution in [3.8, 4) is 11.4 Å². The van der Waals surface area contributed by atoms with E-state index in [0.717, 1.165) is 60.8 Å². The lowest BCUT2D eigenvalue weighted by Crippen LogP contribution is -2.49. The molecule has 0 unspecified atom stereocenters. The van der Waals surface area contributed by atoms with E-state index in [-0.39, 0.29) is 5.91 Å². The van der Waals surface area contributed by atoms with E-state index in [9.17, 15) is 4.79 Å². The zero-order valence-corrected chi connectivity index (χ0v) is 18.1. The van der Waals surface area contributed by atoms with E-state index in [1.165, 1.54) is 5.56 Å². The highest BCUT2D eigenvalue weighted by atomic mass is 35.5. The first-order valence-corrected chi connectivity index (χ1v) is 11.1. The van der Waals surface area contributed by atoms with Crippen LogP contribution in [0.3, 0.4) is 0 Å². The second-order valence-electron chi connectivity index (χ2n) is 8.06. The third-order valence-electron chi connectivity index (χ3n) is 6.03. The molecular formula is C24H24ClN5O. The molecule has 31 heavy (non-hydrogen) atoms. The lowest BCUT2D eigenvalue weighted by Gasteiger charge is -2.36. The second kappa shape index (κ2) is 8.63. The van der Waals surface area contributed by atoms with Crippen LogP contribution in [0.15, 0.2) is 48.8 Å². The van der Waals surface area contributed by atoms with E-state index in [2.05, 4.69) is 9.88 Å². The predicted octanol–water partition coefficient (Wildman–Crippen LogP) is 3.57. The standard InChI is InChI=1S/C24H24ClN5O/c25-19-4-1-3-17(15-19)16-22(31)29-11-13-30(14-12-29)24-20-5-2-6-21(20)27-23(28-24)18-7-9-26-10-8-18/h1,3-4,7-10,15H,2,5-6,11-14,16H2. The molecule has 0 spiro atoms. The van der Waals surface area contributed by atoms with Gasteiger partial charge in [-0.15, -0.1) is 0 Å². The zero-order chi connectivity index (χ0) is 21.2. The van der Waals surface area contributed by atoms with Crippen molar-refractivity contribution in [2.45, 2.75) is 25.7 Å². The molecule has 0 radical (unpaired) electrons. The van der Waals surface area contributed by atoms with Crippen LogP contribution < -0.4 is 4.90 Å². The summed E-state index contributed by atoms with van der Waals surface area (Å²) in [7, 11) is 0. The largest absolute Gasteiger partial charge is 0.353 e. The van der Waals surface area contributed by atoms with Gasteiger partial charge in [-0.3, -0.25) is 9.78 Å². The number of pyridine rings is 1. The normalized spacial score (nSPS) is 15.8. The van der Waals surface area contributed by atoms with E-state index >= 15 is 0 Å². The molecule has 1 aliphatic carbocycles. The first-order chi connectivity index (χ1) is 15.2. The fraction of sp³-hybridized carbons (Fsp3) is 0.333. The summed E-state index contributed by atoms with van der Waals surface area (Å²) in [6.07, 6.45) is 7.08. The summed E-state index contributed by atoms with van der Waals surface area (Å²) in [6.45, 7) is 2.95. The van der Waals surface area contributed by atoms with Gasteiger partial charge in [0, 0.05) is 60.4 Å². The Morgan fingerprint density at radius 2 is 1.81 bits per heavy atom. The lowest BCUT2D eigenvalue weighted by molar-refractivity contribution is -0.130. The fourth-order valence-corrected chi connectivity index (χ4v) is 4.62. The maximum absolute atomic E-state index is 12.8. The van der Waals surface area contributed by atoms with Crippen LogP contribution in [0.5, 0.6) is 0 Å². The first kappa shape index (κ1) is 19.9. The molecule has 158 valence electrons. The number of anilines is 1. The third kappa shape index (κ3) is 4.26. The van der Waals surface area contributed by atoms with E-state index in [4.69, 9.17) is 21.6 Å². The Labute approximate surface area is 186 Å². The molecule has 1 aromatic carbocycles. The van der Waals surface area contributed by atoms with E-state index < -0.39 is 0 Å². The Bertz CT molecular complexity index is 1100. The molecule has 7 heteroatoms. The van der Waals surface area contributed by atoms with Gasteiger partial charge < -0.3 is 9.80 Å². The predicted molar refractivity (Wildman–Crippen MR) is 121 cm³/mol. The number of halogens is 1. The van der Waals surface area contributed by atoms with Crippen LogP contribution in [-0.4, -0.2) is 51.9 Å². The Hall–Kier alpha value is -2.99. The minimum atomic E-state index is 0.146. The van der Waals surface area contributed by atoms with E-state index in [1.807, 2.05) is 41.3 Å². The van der Waals surface area contributed by atoms with Gasteiger partial charge in [-0.25, -0.2) is 9.97 Å². The van der Waals surface area contributed by atoms with Crippen LogP contribution in [0.25, 0.3) is 11.4 Å². The number of nitrogens with zero attached hydrogens (tertiary/aromatic N) is 5. The average Bonchev–Trinajstić information content (AvgIpc) is 3.28. The molecule has 2 aromatic heterocycles. The van der Waals surface area contributed by atoms with E-state index in [0.29, 0.717) is 24.5 Å². The molecule has 1 amide bonds. The molecule has 0 N–H and O–H groups in total. The molecule has 1 aliphatic heterocycles. The van der Waals surface area contributed by atoms with Crippen LogP contribution in [0, 0.1) is 0 Å². The summed E-state index contributed by atoms with van der Waals surface area (Å²) in [6, 6.07) is 11.4. The smallest absolute Gasteiger partial charge is 0.227 e. The Kier molecular flexibility index (Phi) is 5.55. The molecule has 1 saturated heterocycles. The molecule has 3 heterocycles. The molecule has 2 aliphatic rings. The second-order valence-corrected chi connectivity index (χ2v) is 8.50. The fourth-order valence-electron chi connectivity index (χ4n) is 4.41. The van der Waals surface area contributed by atoms with Crippen molar-refractivity contribution in [1.29, 1.82) is 0 Å². The number of carbonyl (C=O) groups excluding carboxylic acids is 1. The maximum Gasteiger partial charge on any atom is 0.227 e.